The van der Waals surface area contributed by atoms with Crippen LogP contribution in [0, 0.1) is 6.92 Å². The Balaban J connectivity index is 1.56. The lowest BCUT2D eigenvalue weighted by Gasteiger charge is -2.13. The maximum atomic E-state index is 12.4. The molecule has 0 aliphatic rings. The SMILES string of the molecule is Cc1ccc(C(=O)Nc2ccc(SC(C)C(=O)Nc3ccc(Cl)c(Cl)c3)cc2)cc1. The van der Waals surface area contributed by atoms with Crippen LogP contribution in [0.3, 0.4) is 0 Å². The van der Waals surface area contributed by atoms with Crippen LogP contribution in [0.5, 0.6) is 0 Å². The third-order valence-electron chi connectivity index (χ3n) is 4.30. The number of thioether (sulfide) groups is 1. The normalized spacial score (nSPS) is 11.6. The van der Waals surface area contributed by atoms with Crippen molar-refractivity contribution < 1.29 is 9.59 Å². The highest BCUT2D eigenvalue weighted by Crippen LogP contribution is 2.28. The number of rotatable bonds is 6. The van der Waals surface area contributed by atoms with Crippen LogP contribution in [0.1, 0.15) is 22.8 Å². The first kappa shape index (κ1) is 22.2. The number of halogens is 2. The van der Waals surface area contributed by atoms with Gasteiger partial charge in [-0.3, -0.25) is 9.59 Å². The van der Waals surface area contributed by atoms with Gasteiger partial charge in [-0.15, -0.1) is 11.8 Å². The van der Waals surface area contributed by atoms with Crippen molar-refractivity contribution in [2.75, 3.05) is 10.6 Å². The molecule has 0 bridgehead atoms. The summed E-state index contributed by atoms with van der Waals surface area (Å²) in [5.41, 5.74) is 2.99. The lowest BCUT2D eigenvalue weighted by Crippen LogP contribution is -2.22. The lowest BCUT2D eigenvalue weighted by atomic mass is 10.1. The Morgan fingerprint density at radius 2 is 1.47 bits per heavy atom. The van der Waals surface area contributed by atoms with E-state index in [0.717, 1.165) is 10.5 Å². The van der Waals surface area contributed by atoms with Gasteiger partial charge < -0.3 is 10.6 Å². The van der Waals surface area contributed by atoms with Crippen molar-refractivity contribution in [2.24, 2.45) is 0 Å². The minimum atomic E-state index is -0.326. The molecule has 4 nitrogen and oxygen atoms in total. The molecule has 0 fully saturated rings. The largest absolute Gasteiger partial charge is 0.325 e. The molecule has 7 heteroatoms. The third-order valence-corrected chi connectivity index (χ3v) is 6.15. The van der Waals surface area contributed by atoms with Gasteiger partial charge in [-0.25, -0.2) is 0 Å². The molecule has 0 saturated carbocycles. The molecule has 0 spiro atoms. The number of nitrogens with one attached hydrogen (secondary N) is 2. The lowest BCUT2D eigenvalue weighted by molar-refractivity contribution is -0.115. The molecule has 3 aromatic rings. The zero-order valence-electron chi connectivity index (χ0n) is 16.4. The number of amides is 2. The summed E-state index contributed by atoms with van der Waals surface area (Å²) in [6.45, 7) is 3.80. The number of hydrogen-bond donors (Lipinski definition) is 2. The minimum absolute atomic E-state index is 0.143. The van der Waals surface area contributed by atoms with Gasteiger partial charge in [0.15, 0.2) is 0 Å². The van der Waals surface area contributed by atoms with Crippen LogP contribution in [0.25, 0.3) is 0 Å². The Labute approximate surface area is 190 Å². The summed E-state index contributed by atoms with van der Waals surface area (Å²) in [6.07, 6.45) is 0. The van der Waals surface area contributed by atoms with Crippen LogP contribution in [0.4, 0.5) is 11.4 Å². The maximum Gasteiger partial charge on any atom is 0.255 e. The zero-order valence-corrected chi connectivity index (χ0v) is 18.7. The average Bonchev–Trinajstić information content (AvgIpc) is 2.72. The van der Waals surface area contributed by atoms with Crippen molar-refractivity contribution in [3.63, 3.8) is 0 Å². The van der Waals surface area contributed by atoms with Crippen LogP contribution in [-0.2, 0) is 4.79 Å². The molecule has 3 rings (SSSR count). The predicted molar refractivity (Wildman–Crippen MR) is 126 cm³/mol. The second-order valence-corrected chi connectivity index (χ2v) is 8.95. The molecule has 2 N–H and O–H groups in total. The molecule has 0 aromatic heterocycles. The van der Waals surface area contributed by atoms with E-state index in [1.807, 2.05) is 50.2 Å². The standard InChI is InChI=1S/C23H20Cl2N2O2S/c1-14-3-5-16(6-4-14)23(29)26-17-7-10-19(11-8-17)30-15(2)22(28)27-18-9-12-20(24)21(25)13-18/h3-13,15H,1-2H3,(H,26,29)(H,27,28). The van der Waals surface area contributed by atoms with E-state index in [1.165, 1.54) is 11.8 Å². The number of aryl methyl sites for hydroxylation is 1. The van der Waals surface area contributed by atoms with E-state index in [-0.39, 0.29) is 17.1 Å². The highest BCUT2D eigenvalue weighted by Gasteiger charge is 2.15. The molecule has 0 aliphatic carbocycles. The Morgan fingerprint density at radius 3 is 2.10 bits per heavy atom. The zero-order chi connectivity index (χ0) is 21.7. The molecule has 0 radical (unpaired) electrons. The summed E-state index contributed by atoms with van der Waals surface area (Å²) in [6, 6.07) is 19.7. The van der Waals surface area contributed by atoms with Gasteiger partial charge in [-0.1, -0.05) is 40.9 Å². The molecule has 1 unspecified atom stereocenters. The van der Waals surface area contributed by atoms with Crippen molar-refractivity contribution in [1.29, 1.82) is 0 Å². The van der Waals surface area contributed by atoms with E-state index < -0.39 is 0 Å². The number of anilines is 2. The molecule has 0 aliphatic heterocycles. The van der Waals surface area contributed by atoms with E-state index in [1.54, 1.807) is 30.3 Å². The number of carbonyl (C=O) groups excluding carboxylic acids is 2. The molecule has 154 valence electrons. The molecule has 0 saturated heterocycles. The second kappa shape index (κ2) is 10.0. The molecular formula is C23H20Cl2N2O2S. The Hall–Kier alpha value is -2.47. The summed E-state index contributed by atoms with van der Waals surface area (Å²) in [5.74, 6) is -0.306. The van der Waals surface area contributed by atoms with E-state index >= 15 is 0 Å². The van der Waals surface area contributed by atoms with Gasteiger partial charge in [0.2, 0.25) is 5.91 Å². The molecule has 1 atom stereocenters. The summed E-state index contributed by atoms with van der Waals surface area (Å²) in [5, 5.41) is 6.20. The smallest absolute Gasteiger partial charge is 0.255 e. The molecule has 30 heavy (non-hydrogen) atoms. The van der Waals surface area contributed by atoms with Crippen LogP contribution >= 0.6 is 35.0 Å². The number of carbonyl (C=O) groups is 2. The van der Waals surface area contributed by atoms with Crippen molar-refractivity contribution >= 4 is 58.2 Å². The fraction of sp³-hybridized carbons (Fsp3) is 0.130. The fourth-order valence-electron chi connectivity index (χ4n) is 2.60. The van der Waals surface area contributed by atoms with Crippen LogP contribution in [0.2, 0.25) is 10.0 Å². The Bertz CT molecular complexity index is 1050. The van der Waals surface area contributed by atoms with Crippen LogP contribution in [0.15, 0.2) is 71.6 Å². The first-order chi connectivity index (χ1) is 14.3. The molecular weight excluding hydrogens is 439 g/mol. The molecule has 0 heterocycles. The quantitative estimate of drug-likeness (QED) is 0.405. The highest BCUT2D eigenvalue weighted by atomic mass is 35.5. The van der Waals surface area contributed by atoms with E-state index in [4.69, 9.17) is 23.2 Å². The monoisotopic (exact) mass is 458 g/mol. The van der Waals surface area contributed by atoms with E-state index in [9.17, 15) is 9.59 Å². The third kappa shape index (κ3) is 6.02. The summed E-state index contributed by atoms with van der Waals surface area (Å²) in [7, 11) is 0. The van der Waals surface area contributed by atoms with Crippen molar-refractivity contribution in [3.05, 3.63) is 87.9 Å². The highest BCUT2D eigenvalue weighted by molar-refractivity contribution is 8.00. The van der Waals surface area contributed by atoms with Crippen molar-refractivity contribution in [3.8, 4) is 0 Å². The van der Waals surface area contributed by atoms with Gasteiger partial charge in [0.1, 0.15) is 0 Å². The van der Waals surface area contributed by atoms with E-state index in [2.05, 4.69) is 10.6 Å². The van der Waals surface area contributed by atoms with Crippen LogP contribution in [-0.4, -0.2) is 17.1 Å². The van der Waals surface area contributed by atoms with Gasteiger partial charge in [0.05, 0.1) is 15.3 Å². The average molecular weight is 459 g/mol. The first-order valence-electron chi connectivity index (χ1n) is 9.22. The Kier molecular flexibility index (Phi) is 7.43. The van der Waals surface area contributed by atoms with Gasteiger partial charge in [-0.05, 0) is 68.4 Å². The first-order valence-corrected chi connectivity index (χ1v) is 10.9. The van der Waals surface area contributed by atoms with Crippen molar-refractivity contribution in [1.82, 2.24) is 0 Å². The fourth-order valence-corrected chi connectivity index (χ4v) is 3.77. The van der Waals surface area contributed by atoms with Crippen LogP contribution < -0.4 is 10.6 Å². The molecule has 3 aromatic carbocycles. The van der Waals surface area contributed by atoms with Gasteiger partial charge in [-0.2, -0.15) is 0 Å². The number of hydrogen-bond acceptors (Lipinski definition) is 3. The minimum Gasteiger partial charge on any atom is -0.325 e. The van der Waals surface area contributed by atoms with Gasteiger partial charge >= 0.3 is 0 Å². The summed E-state index contributed by atoms with van der Waals surface area (Å²) < 4.78 is 0. The molecule has 2 amide bonds. The topological polar surface area (TPSA) is 58.2 Å². The second-order valence-electron chi connectivity index (χ2n) is 6.72. The number of benzene rings is 3. The predicted octanol–water partition coefficient (Wildman–Crippen LogP) is 6.67. The van der Waals surface area contributed by atoms with Gasteiger partial charge in [0, 0.05) is 21.8 Å². The Morgan fingerprint density at radius 1 is 0.833 bits per heavy atom. The van der Waals surface area contributed by atoms with Gasteiger partial charge in [0.25, 0.3) is 5.91 Å². The van der Waals surface area contributed by atoms with E-state index in [0.29, 0.717) is 27.0 Å². The summed E-state index contributed by atoms with van der Waals surface area (Å²) >= 11 is 13.3. The van der Waals surface area contributed by atoms with Crippen molar-refractivity contribution in [2.45, 2.75) is 24.0 Å². The maximum absolute atomic E-state index is 12.4. The summed E-state index contributed by atoms with van der Waals surface area (Å²) in [4.78, 5) is 25.7.